The van der Waals surface area contributed by atoms with E-state index in [9.17, 15) is 14.4 Å². The number of para-hydroxylation sites is 1. The molecule has 0 aromatic heterocycles. The Hall–Kier alpha value is -2.97. The molecule has 2 aliphatic rings. The van der Waals surface area contributed by atoms with E-state index in [1.165, 1.54) is 23.2 Å². The van der Waals surface area contributed by atoms with Gasteiger partial charge in [-0.05, 0) is 30.3 Å². The van der Waals surface area contributed by atoms with Gasteiger partial charge in [-0.15, -0.1) is 0 Å². The maximum atomic E-state index is 12.9. The molecule has 0 radical (unpaired) electrons. The van der Waals surface area contributed by atoms with Gasteiger partial charge in [-0.3, -0.25) is 19.4 Å². The summed E-state index contributed by atoms with van der Waals surface area (Å²) in [5, 5.41) is 12.2. The van der Waals surface area contributed by atoms with Gasteiger partial charge in [0.2, 0.25) is 5.91 Å². The molecule has 10 heteroatoms. The fourth-order valence-corrected chi connectivity index (χ4v) is 3.62. The minimum Gasteiger partial charge on any atom is -0.324 e. The van der Waals surface area contributed by atoms with Crippen LogP contribution in [0.3, 0.4) is 0 Å². The van der Waals surface area contributed by atoms with Crippen LogP contribution in [0.15, 0.2) is 58.9 Å². The Balaban J connectivity index is 1.52. The van der Waals surface area contributed by atoms with Crippen molar-refractivity contribution in [3.63, 3.8) is 0 Å². The van der Waals surface area contributed by atoms with Crippen molar-refractivity contribution >= 4 is 52.3 Å². The molecule has 0 saturated carbocycles. The Morgan fingerprint density at radius 2 is 1.82 bits per heavy atom. The molecule has 2 heterocycles. The second-order valence-corrected chi connectivity index (χ2v) is 7.06. The average Bonchev–Trinajstić information content (AvgIpc) is 3.17. The monoisotopic (exact) mass is 417 g/mol. The molecule has 2 aromatic rings. The van der Waals surface area contributed by atoms with Gasteiger partial charge in [-0.1, -0.05) is 46.6 Å². The zero-order valence-corrected chi connectivity index (χ0v) is 15.8. The number of fused-ring (bicyclic) bond motifs is 1. The molecule has 0 bridgehead atoms. The third-order valence-electron chi connectivity index (χ3n) is 4.37. The van der Waals surface area contributed by atoms with E-state index in [2.05, 4.69) is 15.7 Å². The molecule has 1 saturated heterocycles. The van der Waals surface area contributed by atoms with E-state index >= 15 is 0 Å². The molecule has 142 valence electrons. The maximum absolute atomic E-state index is 12.9. The Labute approximate surface area is 169 Å². The van der Waals surface area contributed by atoms with E-state index in [1.54, 1.807) is 24.3 Å². The molecule has 0 aliphatic carbocycles. The summed E-state index contributed by atoms with van der Waals surface area (Å²) >= 11 is 12.0. The van der Waals surface area contributed by atoms with Crippen molar-refractivity contribution in [1.29, 1.82) is 0 Å². The number of anilines is 2. The lowest BCUT2D eigenvalue weighted by molar-refractivity contribution is -0.123. The van der Waals surface area contributed by atoms with E-state index in [0.717, 1.165) is 4.90 Å². The van der Waals surface area contributed by atoms with Gasteiger partial charge in [0.05, 0.1) is 10.7 Å². The summed E-state index contributed by atoms with van der Waals surface area (Å²) in [5.41, 5.74) is 0.836. The number of nitrogens with one attached hydrogen (secondary N) is 1. The maximum Gasteiger partial charge on any atom is 0.263 e. The largest absolute Gasteiger partial charge is 0.324 e. The van der Waals surface area contributed by atoms with E-state index in [-0.39, 0.29) is 23.2 Å². The first-order chi connectivity index (χ1) is 13.5. The third kappa shape index (κ3) is 3.21. The number of nitrogens with zero attached hydrogens (tertiary/aromatic N) is 4. The second kappa shape index (κ2) is 7.21. The van der Waals surface area contributed by atoms with Crippen molar-refractivity contribution in [1.82, 2.24) is 5.01 Å². The van der Waals surface area contributed by atoms with Crippen LogP contribution in [-0.4, -0.2) is 41.4 Å². The van der Waals surface area contributed by atoms with Gasteiger partial charge in [0.1, 0.15) is 6.54 Å². The minimum absolute atomic E-state index is 0.166. The fraction of sp³-hybridized carbons (Fsp3) is 0.167. The molecule has 4 rings (SSSR count). The quantitative estimate of drug-likeness (QED) is 0.773. The predicted octanol–water partition coefficient (Wildman–Crippen LogP) is 2.93. The molecule has 2 atom stereocenters. The van der Waals surface area contributed by atoms with Gasteiger partial charge in [0.15, 0.2) is 12.1 Å². The Bertz CT molecular complexity index is 998. The summed E-state index contributed by atoms with van der Waals surface area (Å²) in [7, 11) is 0. The number of benzene rings is 2. The van der Waals surface area contributed by atoms with Gasteiger partial charge < -0.3 is 5.32 Å². The van der Waals surface area contributed by atoms with E-state index < -0.39 is 23.9 Å². The molecular formula is C18H13Cl2N5O3. The van der Waals surface area contributed by atoms with Crippen LogP contribution >= 0.6 is 23.2 Å². The highest BCUT2D eigenvalue weighted by Crippen LogP contribution is 2.36. The molecular weight excluding hydrogens is 405 g/mol. The summed E-state index contributed by atoms with van der Waals surface area (Å²) in [4.78, 5) is 38.8. The van der Waals surface area contributed by atoms with Crippen LogP contribution in [0.5, 0.6) is 0 Å². The van der Waals surface area contributed by atoms with Crippen LogP contribution in [0.2, 0.25) is 10.0 Å². The van der Waals surface area contributed by atoms with Crippen molar-refractivity contribution in [3.05, 3.63) is 58.6 Å². The van der Waals surface area contributed by atoms with Crippen LogP contribution in [0.1, 0.15) is 0 Å². The molecule has 0 unspecified atom stereocenters. The predicted molar refractivity (Wildman–Crippen MR) is 103 cm³/mol. The smallest absolute Gasteiger partial charge is 0.263 e. The number of rotatable bonds is 4. The number of amides is 3. The van der Waals surface area contributed by atoms with Crippen LogP contribution in [-0.2, 0) is 14.4 Å². The van der Waals surface area contributed by atoms with Crippen molar-refractivity contribution in [2.24, 2.45) is 10.3 Å². The van der Waals surface area contributed by atoms with E-state index in [4.69, 9.17) is 23.2 Å². The van der Waals surface area contributed by atoms with Crippen molar-refractivity contribution in [2.75, 3.05) is 16.8 Å². The van der Waals surface area contributed by atoms with Gasteiger partial charge >= 0.3 is 0 Å². The zero-order valence-electron chi connectivity index (χ0n) is 14.3. The Morgan fingerprint density at radius 1 is 1.07 bits per heavy atom. The first kappa shape index (κ1) is 18.4. The highest BCUT2D eigenvalue weighted by molar-refractivity contribution is 6.38. The van der Waals surface area contributed by atoms with E-state index in [0.29, 0.717) is 10.7 Å². The fourth-order valence-electron chi connectivity index (χ4n) is 3.12. The number of imide groups is 1. The number of hydrogen-bond donors (Lipinski definition) is 1. The SMILES string of the molecule is O=C(CN1N=N[C@H]2C(=O)N(c3ccc(Cl)cc3Cl)C(=O)[C@H]21)Nc1ccccc1. The first-order valence-electron chi connectivity index (χ1n) is 8.31. The Kier molecular flexibility index (Phi) is 4.74. The Morgan fingerprint density at radius 3 is 2.54 bits per heavy atom. The molecule has 2 aromatic carbocycles. The number of hydrogen-bond acceptors (Lipinski definition) is 6. The zero-order chi connectivity index (χ0) is 19.8. The van der Waals surface area contributed by atoms with Gasteiger partial charge in [-0.2, -0.15) is 5.11 Å². The molecule has 28 heavy (non-hydrogen) atoms. The van der Waals surface area contributed by atoms with Crippen LogP contribution in [0.25, 0.3) is 0 Å². The summed E-state index contributed by atoms with van der Waals surface area (Å²) in [5.74, 6) is -1.47. The van der Waals surface area contributed by atoms with Crippen LogP contribution in [0.4, 0.5) is 11.4 Å². The number of carbonyl (C=O) groups is 3. The highest BCUT2D eigenvalue weighted by Gasteiger charge is 2.55. The standard InChI is InChI=1S/C18H13Cl2N5O3/c19-10-6-7-13(12(20)8-10)25-17(27)15-16(18(25)28)24(23-22-15)9-14(26)21-11-4-2-1-3-5-11/h1-8,15-16H,9H2,(H,21,26)/t15-,16+/m1/s1. The summed E-state index contributed by atoms with van der Waals surface area (Å²) < 4.78 is 0. The van der Waals surface area contributed by atoms with Gasteiger partial charge in [-0.25, -0.2) is 4.90 Å². The first-order valence-corrected chi connectivity index (χ1v) is 9.06. The summed E-state index contributed by atoms with van der Waals surface area (Å²) in [6.07, 6.45) is 0. The molecule has 1 fully saturated rings. The van der Waals surface area contributed by atoms with Crippen molar-refractivity contribution < 1.29 is 14.4 Å². The summed E-state index contributed by atoms with van der Waals surface area (Å²) in [6, 6.07) is 11.3. The lowest BCUT2D eigenvalue weighted by Gasteiger charge is -2.20. The molecule has 8 nitrogen and oxygen atoms in total. The highest BCUT2D eigenvalue weighted by atomic mass is 35.5. The topological polar surface area (TPSA) is 94.4 Å². The minimum atomic E-state index is -1.01. The lowest BCUT2D eigenvalue weighted by atomic mass is 10.1. The normalized spacial score (nSPS) is 20.6. The van der Waals surface area contributed by atoms with Crippen molar-refractivity contribution in [2.45, 2.75) is 12.1 Å². The van der Waals surface area contributed by atoms with Gasteiger partial charge in [0, 0.05) is 10.7 Å². The molecule has 3 amide bonds. The molecule has 2 aliphatic heterocycles. The van der Waals surface area contributed by atoms with Crippen LogP contribution in [0, 0.1) is 0 Å². The average molecular weight is 418 g/mol. The third-order valence-corrected chi connectivity index (χ3v) is 4.91. The van der Waals surface area contributed by atoms with E-state index in [1.807, 2.05) is 6.07 Å². The number of carbonyl (C=O) groups excluding carboxylic acids is 3. The summed E-state index contributed by atoms with van der Waals surface area (Å²) in [6.45, 7) is -0.221. The molecule has 1 N–H and O–H groups in total. The van der Waals surface area contributed by atoms with Gasteiger partial charge in [0.25, 0.3) is 11.8 Å². The molecule has 0 spiro atoms. The second-order valence-electron chi connectivity index (χ2n) is 6.21. The lowest BCUT2D eigenvalue weighted by Crippen LogP contribution is -2.43. The van der Waals surface area contributed by atoms with Crippen LogP contribution < -0.4 is 10.2 Å². The van der Waals surface area contributed by atoms with Crippen molar-refractivity contribution in [3.8, 4) is 0 Å². The number of halogens is 2.